The van der Waals surface area contributed by atoms with Gasteiger partial charge in [0.05, 0.1) is 15.2 Å². The number of benzene rings is 3. The van der Waals surface area contributed by atoms with Crippen LogP contribution in [0.2, 0.25) is 0 Å². The first kappa shape index (κ1) is 24.5. The fraction of sp³-hybridized carbons (Fsp3) is 0.320. The van der Waals surface area contributed by atoms with Crippen LogP contribution in [0, 0.1) is 10.1 Å². The number of anilines is 1. The quantitative estimate of drug-likeness (QED) is 0.381. The van der Waals surface area contributed by atoms with Crippen LogP contribution in [0.3, 0.4) is 0 Å². The van der Waals surface area contributed by atoms with Gasteiger partial charge < -0.3 is 14.5 Å². The molecule has 1 aliphatic rings. The van der Waals surface area contributed by atoms with Crippen molar-refractivity contribution in [1.29, 1.82) is 0 Å². The van der Waals surface area contributed by atoms with Crippen molar-refractivity contribution in [3.8, 4) is 0 Å². The Balaban J connectivity index is 1.78. The molecule has 1 amide bonds. The second-order valence-corrected chi connectivity index (χ2v) is 11.2. The van der Waals surface area contributed by atoms with Gasteiger partial charge in [-0.2, -0.15) is 0 Å². The van der Waals surface area contributed by atoms with Crippen LogP contribution in [0.15, 0.2) is 70.5 Å². The smallest absolute Gasteiger partial charge is 0.410 e. The van der Waals surface area contributed by atoms with E-state index in [4.69, 9.17) is 4.74 Å². The molecule has 3 aromatic carbocycles. The van der Waals surface area contributed by atoms with Gasteiger partial charge >= 0.3 is 6.09 Å². The van der Waals surface area contributed by atoms with E-state index in [1.807, 2.05) is 4.90 Å². The van der Waals surface area contributed by atoms with E-state index in [1.165, 1.54) is 18.2 Å². The third-order valence-corrected chi connectivity index (χ3v) is 7.54. The predicted octanol–water partition coefficient (Wildman–Crippen LogP) is 4.64. The molecular weight excluding hydrogens is 470 g/mol. The minimum Gasteiger partial charge on any atom is -0.444 e. The lowest BCUT2D eigenvalue weighted by Crippen LogP contribution is -2.50. The molecule has 0 spiro atoms. The summed E-state index contributed by atoms with van der Waals surface area (Å²) in [6, 6.07) is 15.8. The van der Waals surface area contributed by atoms with Gasteiger partial charge in [0.1, 0.15) is 5.60 Å². The highest BCUT2D eigenvalue weighted by molar-refractivity contribution is 7.91. The van der Waals surface area contributed by atoms with Crippen molar-refractivity contribution in [2.24, 2.45) is 0 Å². The van der Waals surface area contributed by atoms with Gasteiger partial charge in [-0.15, -0.1) is 0 Å². The van der Waals surface area contributed by atoms with Crippen LogP contribution in [0.4, 0.5) is 16.2 Å². The van der Waals surface area contributed by atoms with Crippen molar-refractivity contribution < 1.29 is 22.9 Å². The lowest BCUT2D eigenvalue weighted by molar-refractivity contribution is -0.386. The second-order valence-electron chi connectivity index (χ2n) is 9.32. The molecule has 0 aliphatic carbocycles. The van der Waals surface area contributed by atoms with Crippen molar-refractivity contribution in [3.63, 3.8) is 0 Å². The molecular formula is C25H27N3O6S. The molecule has 9 nitrogen and oxygen atoms in total. The summed E-state index contributed by atoms with van der Waals surface area (Å²) in [5, 5.41) is 12.9. The highest BCUT2D eigenvalue weighted by Crippen LogP contribution is 2.41. The van der Waals surface area contributed by atoms with Crippen molar-refractivity contribution in [1.82, 2.24) is 4.90 Å². The molecule has 4 rings (SSSR count). The molecule has 3 aromatic rings. The summed E-state index contributed by atoms with van der Waals surface area (Å²) in [7, 11) is -4.16. The number of hydrogen-bond acceptors (Lipinski definition) is 7. The molecule has 1 heterocycles. The molecule has 1 fully saturated rings. The number of ether oxygens (including phenoxy) is 1. The van der Waals surface area contributed by atoms with E-state index < -0.39 is 32.1 Å². The molecule has 0 aromatic heterocycles. The minimum absolute atomic E-state index is 0.0147. The summed E-state index contributed by atoms with van der Waals surface area (Å²) >= 11 is 0. The largest absolute Gasteiger partial charge is 0.444 e. The predicted molar refractivity (Wildman–Crippen MR) is 133 cm³/mol. The summed E-state index contributed by atoms with van der Waals surface area (Å²) in [5.74, 6) is 0. The van der Waals surface area contributed by atoms with Gasteiger partial charge in [-0.05, 0) is 45.0 Å². The van der Waals surface area contributed by atoms with Crippen molar-refractivity contribution in [2.45, 2.75) is 36.2 Å². The van der Waals surface area contributed by atoms with Crippen molar-refractivity contribution >= 4 is 38.1 Å². The van der Waals surface area contributed by atoms with Crippen LogP contribution in [-0.4, -0.2) is 56.1 Å². The van der Waals surface area contributed by atoms with E-state index in [-0.39, 0.29) is 15.2 Å². The Labute approximate surface area is 204 Å². The number of nitro groups is 1. The monoisotopic (exact) mass is 497 g/mol. The van der Waals surface area contributed by atoms with Crippen LogP contribution in [0.5, 0.6) is 0 Å². The van der Waals surface area contributed by atoms with Gasteiger partial charge in [0.2, 0.25) is 9.84 Å². The van der Waals surface area contributed by atoms with E-state index >= 15 is 0 Å². The molecule has 0 unspecified atom stereocenters. The first-order valence-electron chi connectivity index (χ1n) is 11.2. The highest BCUT2D eigenvalue weighted by atomic mass is 32.2. The maximum absolute atomic E-state index is 13.5. The summed E-state index contributed by atoms with van der Waals surface area (Å²) in [5.41, 5.74) is -0.478. The van der Waals surface area contributed by atoms with Crippen LogP contribution >= 0.6 is 0 Å². The lowest BCUT2D eigenvalue weighted by Gasteiger charge is -2.37. The number of nitro benzene ring substituents is 1. The van der Waals surface area contributed by atoms with E-state index in [9.17, 15) is 23.3 Å². The van der Waals surface area contributed by atoms with Crippen LogP contribution in [0.25, 0.3) is 10.8 Å². The molecule has 0 bridgehead atoms. The number of fused-ring (bicyclic) bond motifs is 1. The Morgan fingerprint density at radius 1 is 0.943 bits per heavy atom. The Morgan fingerprint density at radius 2 is 1.51 bits per heavy atom. The van der Waals surface area contributed by atoms with Gasteiger partial charge in [0, 0.05) is 37.3 Å². The molecule has 1 saturated heterocycles. The third kappa shape index (κ3) is 4.93. The molecule has 0 saturated carbocycles. The fourth-order valence-electron chi connectivity index (χ4n) is 4.15. The molecule has 0 radical (unpaired) electrons. The van der Waals surface area contributed by atoms with E-state index in [0.29, 0.717) is 37.3 Å². The zero-order chi connectivity index (χ0) is 25.4. The molecule has 184 valence electrons. The van der Waals surface area contributed by atoms with Crippen molar-refractivity contribution in [2.75, 3.05) is 31.1 Å². The summed E-state index contributed by atoms with van der Waals surface area (Å²) in [4.78, 5) is 27.1. The van der Waals surface area contributed by atoms with Crippen LogP contribution in [0.1, 0.15) is 20.8 Å². The Hall–Kier alpha value is -3.66. The van der Waals surface area contributed by atoms with Gasteiger partial charge in [-0.1, -0.05) is 36.4 Å². The van der Waals surface area contributed by atoms with E-state index in [1.54, 1.807) is 68.1 Å². The Morgan fingerprint density at radius 3 is 2.09 bits per heavy atom. The van der Waals surface area contributed by atoms with Gasteiger partial charge in [0.15, 0.2) is 4.90 Å². The van der Waals surface area contributed by atoms with Crippen molar-refractivity contribution in [3.05, 3.63) is 70.8 Å². The Bertz CT molecular complexity index is 1380. The normalized spacial score (nSPS) is 14.7. The molecule has 35 heavy (non-hydrogen) atoms. The van der Waals surface area contributed by atoms with Gasteiger partial charge in [0.25, 0.3) is 5.69 Å². The number of piperazine rings is 1. The number of hydrogen-bond donors (Lipinski definition) is 0. The maximum Gasteiger partial charge on any atom is 0.410 e. The van der Waals surface area contributed by atoms with Crippen LogP contribution < -0.4 is 4.90 Å². The van der Waals surface area contributed by atoms with E-state index in [0.717, 1.165) is 0 Å². The summed E-state index contributed by atoms with van der Waals surface area (Å²) in [6.45, 7) is 7.01. The topological polar surface area (TPSA) is 110 Å². The number of sulfone groups is 1. The zero-order valence-corrected chi connectivity index (χ0v) is 20.6. The number of carbonyl (C=O) groups is 1. The molecule has 10 heteroatoms. The average molecular weight is 498 g/mol. The average Bonchev–Trinajstić information content (AvgIpc) is 2.82. The second kappa shape index (κ2) is 9.18. The SMILES string of the molecule is CC(C)(C)OC(=O)N1CCN(c2cc(S(=O)(=O)c3ccccc3)c([N+](=O)[O-])c3ccccc23)CC1. The zero-order valence-electron chi connectivity index (χ0n) is 19.8. The Kier molecular flexibility index (Phi) is 6.42. The van der Waals surface area contributed by atoms with Gasteiger partial charge in [-0.3, -0.25) is 10.1 Å². The lowest BCUT2D eigenvalue weighted by atomic mass is 10.1. The van der Waals surface area contributed by atoms with Gasteiger partial charge in [-0.25, -0.2) is 13.2 Å². The third-order valence-electron chi connectivity index (χ3n) is 5.76. The number of amides is 1. The summed E-state index contributed by atoms with van der Waals surface area (Å²) < 4.78 is 32.5. The molecule has 0 N–H and O–H groups in total. The number of nitrogens with zero attached hydrogens (tertiary/aromatic N) is 3. The first-order valence-corrected chi connectivity index (χ1v) is 12.7. The maximum atomic E-state index is 13.5. The summed E-state index contributed by atoms with van der Waals surface area (Å²) in [6.07, 6.45) is -0.405. The first-order chi connectivity index (χ1) is 16.5. The minimum atomic E-state index is -4.16. The molecule has 1 aliphatic heterocycles. The fourth-order valence-corrected chi connectivity index (χ4v) is 5.63. The standard InChI is InChI=1S/C25H27N3O6S/c1-25(2,3)34-24(29)27-15-13-26(14-16-27)21-17-22(35(32,33)18-9-5-4-6-10-18)23(28(30)31)20-12-8-7-11-19(20)21/h4-12,17H,13-16H2,1-3H3. The van der Waals surface area contributed by atoms with Crippen LogP contribution in [-0.2, 0) is 14.6 Å². The number of rotatable bonds is 4. The molecule has 0 atom stereocenters. The van der Waals surface area contributed by atoms with E-state index in [2.05, 4.69) is 0 Å². The number of carbonyl (C=O) groups excluding carboxylic acids is 1. The highest BCUT2D eigenvalue weighted by Gasteiger charge is 2.33.